The van der Waals surface area contributed by atoms with Crippen LogP contribution in [0.5, 0.6) is 0 Å². The number of carbonyl (C=O) groups excluding carboxylic acids is 1. The highest BCUT2D eigenvalue weighted by atomic mass is 19.4. The molecule has 0 spiro atoms. The topological polar surface area (TPSA) is 63.9 Å². The number of nitrogens with zero attached hydrogens (tertiary/aromatic N) is 5. The second kappa shape index (κ2) is 8.12. The first kappa shape index (κ1) is 21.3. The van der Waals surface area contributed by atoms with Crippen molar-refractivity contribution in [2.75, 3.05) is 13.1 Å². The molecule has 0 aromatic carbocycles. The Bertz CT molecular complexity index is 877. The Kier molecular flexibility index (Phi) is 5.95. The zero-order valence-corrected chi connectivity index (χ0v) is 17.1. The van der Waals surface area contributed by atoms with Crippen molar-refractivity contribution in [1.29, 1.82) is 0 Å². The Morgan fingerprint density at radius 1 is 1.28 bits per heavy atom. The number of likely N-dealkylation sites (tertiary alicyclic amines) is 1. The number of hydrogen-bond acceptors (Lipinski definition) is 4. The Hall–Kier alpha value is -2.45. The van der Waals surface area contributed by atoms with Crippen LogP contribution in [0.15, 0.2) is 18.5 Å². The van der Waals surface area contributed by atoms with E-state index in [4.69, 9.17) is 0 Å². The van der Waals surface area contributed by atoms with Gasteiger partial charge in [0.15, 0.2) is 0 Å². The molecule has 1 fully saturated rings. The van der Waals surface area contributed by atoms with Gasteiger partial charge in [-0.1, -0.05) is 20.8 Å². The maximum absolute atomic E-state index is 13.3. The van der Waals surface area contributed by atoms with Crippen molar-refractivity contribution in [1.82, 2.24) is 24.4 Å². The fourth-order valence-corrected chi connectivity index (χ4v) is 3.56. The van der Waals surface area contributed by atoms with Crippen molar-refractivity contribution in [2.45, 2.75) is 58.7 Å². The van der Waals surface area contributed by atoms with Gasteiger partial charge in [-0.05, 0) is 25.3 Å². The van der Waals surface area contributed by atoms with Gasteiger partial charge in [-0.2, -0.15) is 13.2 Å². The van der Waals surface area contributed by atoms with Crippen LogP contribution >= 0.6 is 0 Å². The molecule has 3 rings (SSSR count). The second-order valence-corrected chi connectivity index (χ2v) is 7.99. The third-order valence-electron chi connectivity index (χ3n) is 5.33. The Labute approximate surface area is 168 Å². The summed E-state index contributed by atoms with van der Waals surface area (Å²) in [5.74, 6) is 0.308. The van der Waals surface area contributed by atoms with E-state index in [1.54, 1.807) is 24.9 Å². The van der Waals surface area contributed by atoms with E-state index in [1.807, 2.05) is 24.6 Å². The zero-order valence-electron chi connectivity index (χ0n) is 17.1. The van der Waals surface area contributed by atoms with E-state index >= 15 is 0 Å². The Balaban J connectivity index is 1.74. The van der Waals surface area contributed by atoms with E-state index in [-0.39, 0.29) is 29.5 Å². The summed E-state index contributed by atoms with van der Waals surface area (Å²) in [6, 6.07) is 1.02. The SMILES string of the molecule is Cc1nccn1C[C@H](C)C(=O)N1CC[C@@H](c2nc(C(C)C)cc(C(F)(F)F)n2)C1. The van der Waals surface area contributed by atoms with Gasteiger partial charge < -0.3 is 9.47 Å². The van der Waals surface area contributed by atoms with Gasteiger partial charge in [0.2, 0.25) is 5.91 Å². The van der Waals surface area contributed by atoms with Crippen LogP contribution < -0.4 is 0 Å². The van der Waals surface area contributed by atoms with Crippen LogP contribution in [0, 0.1) is 12.8 Å². The van der Waals surface area contributed by atoms with Crippen LogP contribution in [0.3, 0.4) is 0 Å². The smallest absolute Gasteiger partial charge is 0.342 e. The molecule has 2 atom stereocenters. The number of rotatable bonds is 5. The first-order valence-corrected chi connectivity index (χ1v) is 9.78. The maximum atomic E-state index is 13.3. The molecule has 0 aliphatic carbocycles. The minimum atomic E-state index is -4.52. The minimum Gasteiger partial charge on any atom is -0.342 e. The van der Waals surface area contributed by atoms with E-state index < -0.39 is 11.9 Å². The van der Waals surface area contributed by atoms with Gasteiger partial charge in [-0.15, -0.1) is 0 Å². The summed E-state index contributed by atoms with van der Waals surface area (Å²) in [5.41, 5.74) is -0.545. The number of amides is 1. The average Bonchev–Trinajstić information content (AvgIpc) is 3.29. The van der Waals surface area contributed by atoms with Crippen molar-refractivity contribution in [3.8, 4) is 0 Å². The van der Waals surface area contributed by atoms with Gasteiger partial charge >= 0.3 is 6.18 Å². The number of alkyl halides is 3. The van der Waals surface area contributed by atoms with Crippen LogP contribution in [0.25, 0.3) is 0 Å². The fraction of sp³-hybridized carbons (Fsp3) is 0.600. The lowest BCUT2D eigenvalue weighted by Crippen LogP contribution is -2.35. The summed E-state index contributed by atoms with van der Waals surface area (Å²) in [6.07, 6.45) is -0.445. The lowest BCUT2D eigenvalue weighted by molar-refractivity contribution is -0.141. The molecule has 1 aliphatic rings. The van der Waals surface area contributed by atoms with Crippen LogP contribution in [0.1, 0.15) is 62.1 Å². The van der Waals surface area contributed by atoms with Crippen molar-refractivity contribution in [3.63, 3.8) is 0 Å². The standard InChI is InChI=1S/C20H26F3N5O/c1-12(2)16-9-17(20(21,22)23)26-18(25-16)15-5-7-28(11-15)19(29)13(3)10-27-8-6-24-14(27)4/h6,8-9,12-13,15H,5,7,10-11H2,1-4H3/t13-,15+/m0/s1. The summed E-state index contributed by atoms with van der Waals surface area (Å²) in [6.45, 7) is 8.68. The molecule has 9 heteroatoms. The number of imidazole rings is 1. The number of aryl methyl sites for hydroxylation is 1. The first-order chi connectivity index (χ1) is 13.6. The number of halogens is 3. The predicted octanol–water partition coefficient (Wildman–Crippen LogP) is 3.78. The monoisotopic (exact) mass is 409 g/mol. The Morgan fingerprint density at radius 3 is 2.59 bits per heavy atom. The molecule has 1 saturated heterocycles. The molecule has 0 bridgehead atoms. The molecule has 3 heterocycles. The van der Waals surface area contributed by atoms with Crippen LogP contribution in [-0.4, -0.2) is 43.4 Å². The Morgan fingerprint density at radius 2 is 2.00 bits per heavy atom. The lowest BCUT2D eigenvalue weighted by Gasteiger charge is -2.22. The predicted molar refractivity (Wildman–Crippen MR) is 101 cm³/mol. The summed E-state index contributed by atoms with van der Waals surface area (Å²) < 4.78 is 41.7. The van der Waals surface area contributed by atoms with Gasteiger partial charge in [-0.3, -0.25) is 4.79 Å². The molecule has 0 radical (unpaired) electrons. The molecule has 0 unspecified atom stereocenters. The summed E-state index contributed by atoms with van der Waals surface area (Å²) in [5, 5.41) is 0. The third-order valence-corrected chi connectivity index (χ3v) is 5.33. The van der Waals surface area contributed by atoms with Crippen molar-refractivity contribution < 1.29 is 18.0 Å². The van der Waals surface area contributed by atoms with E-state index in [1.165, 1.54) is 0 Å². The van der Waals surface area contributed by atoms with Crippen LogP contribution in [-0.2, 0) is 17.5 Å². The molecule has 2 aromatic heterocycles. The van der Waals surface area contributed by atoms with Gasteiger partial charge in [0.1, 0.15) is 17.3 Å². The molecule has 6 nitrogen and oxygen atoms in total. The molecule has 1 aliphatic heterocycles. The van der Waals surface area contributed by atoms with E-state index in [0.29, 0.717) is 31.7 Å². The highest BCUT2D eigenvalue weighted by molar-refractivity contribution is 5.78. The third kappa shape index (κ3) is 4.76. The largest absolute Gasteiger partial charge is 0.433 e. The maximum Gasteiger partial charge on any atom is 0.433 e. The number of hydrogen-bond donors (Lipinski definition) is 0. The highest BCUT2D eigenvalue weighted by Gasteiger charge is 2.36. The van der Waals surface area contributed by atoms with Gasteiger partial charge in [0.25, 0.3) is 0 Å². The van der Waals surface area contributed by atoms with Gasteiger partial charge in [-0.25, -0.2) is 15.0 Å². The molecule has 1 amide bonds. The molecular formula is C20H26F3N5O. The molecule has 158 valence electrons. The quantitative estimate of drug-likeness (QED) is 0.754. The fourth-order valence-electron chi connectivity index (χ4n) is 3.56. The van der Waals surface area contributed by atoms with Crippen molar-refractivity contribution in [2.24, 2.45) is 5.92 Å². The minimum absolute atomic E-state index is 0.0170. The lowest BCUT2D eigenvalue weighted by atomic mass is 10.1. The van der Waals surface area contributed by atoms with Gasteiger partial charge in [0.05, 0.1) is 5.92 Å². The molecule has 29 heavy (non-hydrogen) atoms. The second-order valence-electron chi connectivity index (χ2n) is 7.99. The summed E-state index contributed by atoms with van der Waals surface area (Å²) >= 11 is 0. The average molecular weight is 409 g/mol. The van der Waals surface area contributed by atoms with Crippen molar-refractivity contribution in [3.05, 3.63) is 41.5 Å². The van der Waals surface area contributed by atoms with E-state index in [2.05, 4.69) is 15.0 Å². The highest BCUT2D eigenvalue weighted by Crippen LogP contribution is 2.32. The molecule has 2 aromatic rings. The normalized spacial score (nSPS) is 18.5. The number of carbonyl (C=O) groups is 1. The first-order valence-electron chi connectivity index (χ1n) is 9.78. The summed E-state index contributed by atoms with van der Waals surface area (Å²) in [7, 11) is 0. The molecule has 0 saturated carbocycles. The summed E-state index contributed by atoms with van der Waals surface area (Å²) in [4.78, 5) is 26.9. The van der Waals surface area contributed by atoms with E-state index in [9.17, 15) is 18.0 Å². The van der Waals surface area contributed by atoms with E-state index in [0.717, 1.165) is 11.9 Å². The zero-order chi connectivity index (χ0) is 21.3. The van der Waals surface area contributed by atoms with Gasteiger partial charge in [0, 0.05) is 43.6 Å². The van der Waals surface area contributed by atoms with Crippen molar-refractivity contribution >= 4 is 5.91 Å². The molecule has 0 N–H and O–H groups in total. The number of aromatic nitrogens is 4. The van der Waals surface area contributed by atoms with Crippen LogP contribution in [0.2, 0.25) is 0 Å². The molecular weight excluding hydrogens is 383 g/mol. The van der Waals surface area contributed by atoms with Crippen LogP contribution in [0.4, 0.5) is 13.2 Å².